The maximum Gasteiger partial charge on any atom is 0.267 e. The van der Waals surface area contributed by atoms with Crippen molar-refractivity contribution in [1.29, 1.82) is 0 Å². The summed E-state index contributed by atoms with van der Waals surface area (Å²) in [5, 5.41) is 3.01. The molecule has 0 saturated carbocycles. The van der Waals surface area contributed by atoms with Crippen molar-refractivity contribution < 1.29 is 0 Å². The Labute approximate surface area is 120 Å². The topological polar surface area (TPSA) is 37.8 Å². The van der Waals surface area contributed by atoms with Crippen LogP contribution in [-0.4, -0.2) is 9.78 Å². The second-order valence-electron chi connectivity index (χ2n) is 6.24. The third kappa shape index (κ3) is 3.21. The normalized spacial score (nSPS) is 11.5. The lowest BCUT2D eigenvalue weighted by molar-refractivity contribution is 0.484. The van der Waals surface area contributed by atoms with E-state index in [2.05, 4.69) is 44.9 Å². The molecule has 0 aliphatic heterocycles. The van der Waals surface area contributed by atoms with Crippen LogP contribution in [0.15, 0.2) is 35.1 Å². The number of aromatic nitrogens is 2. The van der Waals surface area contributed by atoms with Crippen LogP contribution >= 0.6 is 0 Å². The lowest BCUT2D eigenvalue weighted by Crippen LogP contribution is -2.11. The molecule has 0 amide bonds. The Morgan fingerprint density at radius 1 is 1.05 bits per heavy atom. The Balaban J connectivity index is 2.57. The zero-order chi connectivity index (χ0) is 14.7. The van der Waals surface area contributed by atoms with E-state index in [1.54, 1.807) is 0 Å². The summed E-state index contributed by atoms with van der Waals surface area (Å²) in [7, 11) is 0. The summed E-state index contributed by atoms with van der Waals surface area (Å²) in [6, 6.07) is 10.2. The van der Waals surface area contributed by atoms with Crippen LogP contribution < -0.4 is 5.56 Å². The molecule has 0 fully saturated rings. The van der Waals surface area contributed by atoms with E-state index in [0.29, 0.717) is 11.8 Å². The van der Waals surface area contributed by atoms with Gasteiger partial charge in [0.1, 0.15) is 0 Å². The van der Waals surface area contributed by atoms with E-state index < -0.39 is 0 Å². The molecule has 3 heteroatoms. The van der Waals surface area contributed by atoms with Crippen LogP contribution in [0.4, 0.5) is 0 Å². The highest BCUT2D eigenvalue weighted by molar-refractivity contribution is 5.63. The monoisotopic (exact) mass is 272 g/mol. The molecule has 2 rings (SSSR count). The highest BCUT2D eigenvalue weighted by Crippen LogP contribution is 2.24. The van der Waals surface area contributed by atoms with Crippen molar-refractivity contribution in [2.45, 2.75) is 40.7 Å². The van der Waals surface area contributed by atoms with Crippen molar-refractivity contribution in [3.63, 3.8) is 0 Å². The van der Waals surface area contributed by atoms with Gasteiger partial charge in [-0.2, -0.15) is 0 Å². The molecule has 0 bridgehead atoms. The Hall–Kier alpha value is -1.77. The molecule has 0 atom stereocenters. The van der Waals surface area contributed by atoms with Crippen molar-refractivity contribution in [2.24, 2.45) is 11.8 Å². The molecule has 3 nitrogen and oxygen atoms in total. The largest absolute Gasteiger partial charge is 0.284 e. The van der Waals surface area contributed by atoms with Gasteiger partial charge in [0.05, 0.1) is 5.69 Å². The van der Waals surface area contributed by atoms with Gasteiger partial charge < -0.3 is 0 Å². The summed E-state index contributed by atoms with van der Waals surface area (Å²) in [6.45, 7) is 9.45. The minimum atomic E-state index is 0.0539. The smallest absolute Gasteiger partial charge is 0.267 e. The number of aromatic amines is 1. The fourth-order valence-electron chi connectivity index (χ4n) is 2.54. The first-order valence-corrected chi connectivity index (χ1v) is 7.36. The number of nitrogens with zero attached hydrogens (tertiary/aromatic N) is 1. The van der Waals surface area contributed by atoms with Gasteiger partial charge in [0, 0.05) is 17.7 Å². The second kappa shape index (κ2) is 6.12. The van der Waals surface area contributed by atoms with Gasteiger partial charge in [0.2, 0.25) is 0 Å². The van der Waals surface area contributed by atoms with E-state index in [0.717, 1.165) is 29.8 Å². The average molecular weight is 272 g/mol. The Morgan fingerprint density at radius 3 is 2.25 bits per heavy atom. The predicted octanol–water partition coefficient (Wildman–Crippen LogP) is 3.70. The number of hydrogen-bond donors (Lipinski definition) is 1. The molecule has 0 saturated heterocycles. The van der Waals surface area contributed by atoms with Gasteiger partial charge in [-0.25, -0.2) is 0 Å². The number of hydrogen-bond acceptors (Lipinski definition) is 1. The molecule has 20 heavy (non-hydrogen) atoms. The van der Waals surface area contributed by atoms with Crippen LogP contribution in [0.1, 0.15) is 33.3 Å². The number of H-pyrrole nitrogens is 1. The lowest BCUT2D eigenvalue weighted by atomic mass is 9.99. The standard InChI is InChI=1S/C17H24N2O/c1-12(2)10-15-16(14-8-6-5-7-9-14)19(11-13(3)4)18-17(15)20/h5-9,12-13H,10-11H2,1-4H3,(H,18,20). The minimum Gasteiger partial charge on any atom is -0.284 e. The predicted molar refractivity (Wildman–Crippen MR) is 83.9 cm³/mol. The first-order valence-electron chi connectivity index (χ1n) is 7.36. The van der Waals surface area contributed by atoms with Crippen LogP contribution in [0, 0.1) is 11.8 Å². The molecular formula is C17H24N2O. The zero-order valence-corrected chi connectivity index (χ0v) is 12.8. The quantitative estimate of drug-likeness (QED) is 0.885. The molecule has 0 aliphatic carbocycles. The van der Waals surface area contributed by atoms with Gasteiger partial charge >= 0.3 is 0 Å². The number of benzene rings is 1. The molecule has 0 spiro atoms. The van der Waals surface area contributed by atoms with Gasteiger partial charge in [0.25, 0.3) is 5.56 Å². The average Bonchev–Trinajstić information content (AvgIpc) is 2.65. The molecule has 0 radical (unpaired) electrons. The van der Waals surface area contributed by atoms with Crippen LogP contribution in [0.2, 0.25) is 0 Å². The SMILES string of the molecule is CC(C)Cc1c(-c2ccccc2)n(CC(C)C)[nH]c1=O. The van der Waals surface area contributed by atoms with Gasteiger partial charge in [-0.3, -0.25) is 14.6 Å². The molecule has 108 valence electrons. The fourth-order valence-corrected chi connectivity index (χ4v) is 2.54. The van der Waals surface area contributed by atoms with Crippen molar-refractivity contribution >= 4 is 0 Å². The summed E-state index contributed by atoms with van der Waals surface area (Å²) < 4.78 is 2.01. The van der Waals surface area contributed by atoms with Gasteiger partial charge in [-0.15, -0.1) is 0 Å². The van der Waals surface area contributed by atoms with E-state index in [1.165, 1.54) is 0 Å². The van der Waals surface area contributed by atoms with Crippen molar-refractivity contribution in [3.05, 3.63) is 46.2 Å². The van der Waals surface area contributed by atoms with E-state index in [1.807, 2.05) is 22.9 Å². The van der Waals surface area contributed by atoms with E-state index in [4.69, 9.17) is 0 Å². The van der Waals surface area contributed by atoms with Crippen molar-refractivity contribution in [3.8, 4) is 11.3 Å². The van der Waals surface area contributed by atoms with Crippen LogP contribution in [0.5, 0.6) is 0 Å². The maximum absolute atomic E-state index is 12.3. The Morgan fingerprint density at radius 2 is 1.70 bits per heavy atom. The molecule has 1 aromatic heterocycles. The molecule has 1 N–H and O–H groups in total. The molecule has 0 unspecified atom stereocenters. The Kier molecular flexibility index (Phi) is 4.48. The zero-order valence-electron chi connectivity index (χ0n) is 12.8. The fraction of sp³-hybridized carbons (Fsp3) is 0.471. The molecule has 1 aromatic carbocycles. The van der Waals surface area contributed by atoms with Crippen molar-refractivity contribution in [2.75, 3.05) is 0 Å². The molecular weight excluding hydrogens is 248 g/mol. The first-order chi connectivity index (χ1) is 9.49. The summed E-state index contributed by atoms with van der Waals surface area (Å²) >= 11 is 0. The summed E-state index contributed by atoms with van der Waals surface area (Å²) in [5.74, 6) is 0.959. The van der Waals surface area contributed by atoms with Crippen LogP contribution in [0.3, 0.4) is 0 Å². The number of rotatable bonds is 5. The van der Waals surface area contributed by atoms with Gasteiger partial charge in [-0.1, -0.05) is 58.0 Å². The molecule has 0 aliphatic rings. The minimum absolute atomic E-state index is 0.0539. The maximum atomic E-state index is 12.3. The van der Waals surface area contributed by atoms with E-state index >= 15 is 0 Å². The van der Waals surface area contributed by atoms with Crippen LogP contribution in [-0.2, 0) is 13.0 Å². The van der Waals surface area contributed by atoms with Crippen LogP contribution in [0.25, 0.3) is 11.3 Å². The summed E-state index contributed by atoms with van der Waals surface area (Å²) in [5.41, 5.74) is 3.13. The highest BCUT2D eigenvalue weighted by atomic mass is 16.1. The third-order valence-electron chi connectivity index (χ3n) is 3.27. The van der Waals surface area contributed by atoms with E-state index in [9.17, 15) is 4.79 Å². The summed E-state index contributed by atoms with van der Waals surface area (Å²) in [4.78, 5) is 12.3. The summed E-state index contributed by atoms with van der Waals surface area (Å²) in [6.07, 6.45) is 0.810. The molecule has 2 aromatic rings. The highest BCUT2D eigenvalue weighted by Gasteiger charge is 2.17. The first kappa shape index (κ1) is 14.6. The molecule has 1 heterocycles. The van der Waals surface area contributed by atoms with Gasteiger partial charge in [0.15, 0.2) is 0 Å². The lowest BCUT2D eigenvalue weighted by Gasteiger charge is -2.13. The Bertz CT molecular complexity index is 606. The number of nitrogens with one attached hydrogen (secondary N) is 1. The third-order valence-corrected chi connectivity index (χ3v) is 3.27. The van der Waals surface area contributed by atoms with E-state index in [-0.39, 0.29) is 5.56 Å². The van der Waals surface area contributed by atoms with Crippen molar-refractivity contribution in [1.82, 2.24) is 9.78 Å². The van der Waals surface area contributed by atoms with Gasteiger partial charge in [-0.05, 0) is 18.3 Å². The second-order valence-corrected chi connectivity index (χ2v) is 6.24.